The lowest BCUT2D eigenvalue weighted by Crippen LogP contribution is -2.52. The van der Waals surface area contributed by atoms with Crippen LogP contribution in [-0.2, 0) is 23.5 Å². The van der Waals surface area contributed by atoms with Gasteiger partial charge >= 0.3 is 6.18 Å². The molecule has 5 nitrogen and oxygen atoms in total. The second-order valence-electron chi connectivity index (χ2n) is 8.09. The summed E-state index contributed by atoms with van der Waals surface area (Å²) in [6.45, 7) is 10.3. The van der Waals surface area contributed by atoms with Crippen molar-refractivity contribution in [3.63, 3.8) is 0 Å². The van der Waals surface area contributed by atoms with E-state index in [1.807, 2.05) is 20.8 Å². The average Bonchev–Trinajstić information content (AvgIpc) is 2.65. The predicted octanol–water partition coefficient (Wildman–Crippen LogP) is 3.56. The third kappa shape index (κ3) is 8.33. The molecule has 172 valence electrons. The molecule has 1 fully saturated rings. The van der Waals surface area contributed by atoms with Gasteiger partial charge in [-0.2, -0.15) is 13.2 Å². The number of halogens is 4. The highest BCUT2D eigenvalue weighted by atomic mass is 127. The molecular formula is C20H32F3IN4OS. The van der Waals surface area contributed by atoms with Gasteiger partial charge in [-0.15, -0.1) is 24.0 Å². The molecule has 0 aromatic heterocycles. The lowest BCUT2D eigenvalue weighted by atomic mass is 10.1. The summed E-state index contributed by atoms with van der Waals surface area (Å²) >= 11 is 0. The van der Waals surface area contributed by atoms with E-state index in [1.54, 1.807) is 19.2 Å². The lowest BCUT2D eigenvalue weighted by Gasteiger charge is -2.36. The lowest BCUT2D eigenvalue weighted by molar-refractivity contribution is -0.137. The summed E-state index contributed by atoms with van der Waals surface area (Å²) in [5, 5.41) is 3.28. The number of piperazine rings is 1. The van der Waals surface area contributed by atoms with Crippen LogP contribution >= 0.6 is 24.0 Å². The summed E-state index contributed by atoms with van der Waals surface area (Å²) < 4.78 is 49.9. The smallest absolute Gasteiger partial charge is 0.355 e. The predicted molar refractivity (Wildman–Crippen MR) is 128 cm³/mol. The Hall–Kier alpha value is -0.880. The van der Waals surface area contributed by atoms with Crippen molar-refractivity contribution in [2.24, 2.45) is 4.99 Å². The number of aliphatic imine (C=N–C) groups is 1. The highest BCUT2D eigenvalue weighted by Crippen LogP contribution is 2.29. The van der Waals surface area contributed by atoms with Gasteiger partial charge in [0.05, 0.1) is 5.56 Å². The molecule has 0 aliphatic carbocycles. The first-order valence-corrected chi connectivity index (χ1v) is 11.0. The normalized spacial score (nSPS) is 17.4. The van der Waals surface area contributed by atoms with Gasteiger partial charge < -0.3 is 10.2 Å². The Balaban J connectivity index is 0.00000450. The highest BCUT2D eigenvalue weighted by Gasteiger charge is 2.30. The summed E-state index contributed by atoms with van der Waals surface area (Å²) in [6, 6.07) is 5.37. The summed E-state index contributed by atoms with van der Waals surface area (Å²) in [4.78, 5) is 8.70. The average molecular weight is 560 g/mol. The van der Waals surface area contributed by atoms with Gasteiger partial charge in [-0.05, 0) is 38.5 Å². The van der Waals surface area contributed by atoms with Gasteiger partial charge in [-0.3, -0.25) is 14.1 Å². The van der Waals surface area contributed by atoms with Crippen LogP contribution in [0, 0.1) is 0 Å². The largest absolute Gasteiger partial charge is 0.416 e. The molecule has 1 aliphatic heterocycles. The molecule has 1 heterocycles. The maximum Gasteiger partial charge on any atom is 0.416 e. The monoisotopic (exact) mass is 560 g/mol. The number of rotatable bonds is 5. The van der Waals surface area contributed by atoms with Crippen molar-refractivity contribution in [2.75, 3.05) is 45.5 Å². The number of guanidine groups is 1. The molecule has 1 saturated heterocycles. The first-order chi connectivity index (χ1) is 13.5. The second kappa shape index (κ2) is 11.7. The third-order valence-electron chi connectivity index (χ3n) is 4.82. The fourth-order valence-electron chi connectivity index (χ4n) is 3.07. The van der Waals surface area contributed by atoms with Crippen LogP contribution in [0.4, 0.5) is 13.2 Å². The Morgan fingerprint density at radius 2 is 1.67 bits per heavy atom. The first kappa shape index (κ1) is 27.2. The van der Waals surface area contributed by atoms with Crippen LogP contribution in [0.3, 0.4) is 0 Å². The maximum atomic E-state index is 12.7. The number of hydrogen-bond donors (Lipinski definition) is 1. The van der Waals surface area contributed by atoms with E-state index in [2.05, 4.69) is 20.1 Å². The van der Waals surface area contributed by atoms with Crippen LogP contribution in [0.5, 0.6) is 0 Å². The Morgan fingerprint density at radius 3 is 2.13 bits per heavy atom. The Bertz CT molecular complexity index is 712. The summed E-state index contributed by atoms with van der Waals surface area (Å²) in [5.41, 5.74) is 0.256. The number of hydrogen-bond acceptors (Lipinski definition) is 3. The molecule has 1 unspecified atom stereocenters. The second-order valence-corrected chi connectivity index (χ2v) is 10.4. The van der Waals surface area contributed by atoms with E-state index in [-0.39, 0.29) is 28.7 Å². The molecule has 1 aliphatic rings. The van der Waals surface area contributed by atoms with Crippen LogP contribution in [0.25, 0.3) is 0 Å². The number of benzene rings is 1. The van der Waals surface area contributed by atoms with Gasteiger partial charge in [-0.25, -0.2) is 0 Å². The molecule has 10 heteroatoms. The first-order valence-electron chi connectivity index (χ1n) is 9.73. The standard InChI is InChI=1S/C20H31F3N4OS.HI/c1-19(2,3)29(28)14-9-25-18(24-4)27-12-10-26(11-13-27)15-16-5-7-17(8-6-16)20(21,22)23;/h5-8H,9-15H2,1-4H3,(H,24,25);1H. The van der Waals surface area contributed by atoms with Crippen molar-refractivity contribution >= 4 is 40.7 Å². The summed E-state index contributed by atoms with van der Waals surface area (Å²) in [6.07, 6.45) is -4.30. The molecule has 2 rings (SSSR count). The van der Waals surface area contributed by atoms with E-state index in [9.17, 15) is 17.4 Å². The summed E-state index contributed by atoms with van der Waals surface area (Å²) in [7, 11) is 0.823. The molecule has 0 spiro atoms. The molecule has 0 amide bonds. The van der Waals surface area contributed by atoms with E-state index in [0.29, 0.717) is 18.8 Å². The van der Waals surface area contributed by atoms with Crippen molar-refractivity contribution < 1.29 is 17.4 Å². The fourth-order valence-corrected chi connectivity index (χ4v) is 3.97. The van der Waals surface area contributed by atoms with Gasteiger partial charge in [0.1, 0.15) is 0 Å². The van der Waals surface area contributed by atoms with Crippen molar-refractivity contribution in [3.05, 3.63) is 35.4 Å². The molecule has 1 N–H and O–H groups in total. The minimum Gasteiger partial charge on any atom is -0.355 e. The van der Waals surface area contributed by atoms with Gasteiger partial charge in [0, 0.05) is 67.6 Å². The van der Waals surface area contributed by atoms with Gasteiger partial charge in [0.25, 0.3) is 0 Å². The number of nitrogens with one attached hydrogen (secondary N) is 1. The molecule has 30 heavy (non-hydrogen) atoms. The van der Waals surface area contributed by atoms with E-state index < -0.39 is 22.5 Å². The fraction of sp³-hybridized carbons (Fsp3) is 0.650. The third-order valence-corrected chi connectivity index (χ3v) is 6.77. The van der Waals surface area contributed by atoms with Crippen molar-refractivity contribution in [3.8, 4) is 0 Å². The van der Waals surface area contributed by atoms with E-state index in [1.165, 1.54) is 0 Å². The van der Waals surface area contributed by atoms with Crippen LogP contribution in [0.15, 0.2) is 29.3 Å². The SMILES string of the molecule is CN=C(NCCS(=O)C(C)(C)C)N1CCN(Cc2ccc(C(F)(F)F)cc2)CC1.I. The van der Waals surface area contributed by atoms with Crippen LogP contribution < -0.4 is 5.32 Å². The van der Waals surface area contributed by atoms with E-state index >= 15 is 0 Å². The van der Waals surface area contributed by atoms with Crippen molar-refractivity contribution in [1.82, 2.24) is 15.1 Å². The maximum absolute atomic E-state index is 12.7. The van der Waals surface area contributed by atoms with Crippen LogP contribution in [0.2, 0.25) is 0 Å². The minimum atomic E-state index is -4.30. The zero-order chi connectivity index (χ0) is 21.7. The molecule has 1 atom stereocenters. The Morgan fingerprint density at radius 1 is 1.10 bits per heavy atom. The van der Waals surface area contributed by atoms with Crippen molar-refractivity contribution in [1.29, 1.82) is 0 Å². The number of nitrogens with zero attached hydrogens (tertiary/aromatic N) is 3. The number of alkyl halides is 3. The zero-order valence-electron chi connectivity index (χ0n) is 18.0. The molecule has 1 aromatic carbocycles. The topological polar surface area (TPSA) is 47.9 Å². The zero-order valence-corrected chi connectivity index (χ0v) is 21.1. The highest BCUT2D eigenvalue weighted by molar-refractivity contribution is 14.0. The molecule has 1 aromatic rings. The molecular weight excluding hydrogens is 528 g/mol. The molecule has 0 bridgehead atoms. The van der Waals surface area contributed by atoms with E-state index in [0.717, 1.165) is 49.8 Å². The van der Waals surface area contributed by atoms with Gasteiger partial charge in [-0.1, -0.05) is 12.1 Å². The Labute approximate surface area is 197 Å². The Kier molecular flexibility index (Phi) is 10.6. The van der Waals surface area contributed by atoms with Crippen molar-refractivity contribution in [2.45, 2.75) is 38.2 Å². The molecule has 0 saturated carbocycles. The van der Waals surface area contributed by atoms with E-state index in [4.69, 9.17) is 0 Å². The minimum absolute atomic E-state index is 0. The quantitative estimate of drug-likeness (QED) is 0.340. The molecule has 0 radical (unpaired) electrons. The van der Waals surface area contributed by atoms with Gasteiger partial charge in [0.2, 0.25) is 0 Å². The summed E-state index contributed by atoms with van der Waals surface area (Å²) in [5.74, 6) is 1.36. The van der Waals surface area contributed by atoms with Crippen LogP contribution in [0.1, 0.15) is 31.9 Å². The van der Waals surface area contributed by atoms with Gasteiger partial charge in [0.15, 0.2) is 5.96 Å². The van der Waals surface area contributed by atoms with Crippen LogP contribution in [-0.4, -0.2) is 70.2 Å².